The van der Waals surface area contributed by atoms with Crippen molar-refractivity contribution >= 4 is 11.3 Å². The third-order valence-corrected chi connectivity index (χ3v) is 4.14. The number of rotatable bonds is 6. The number of nitrogens with one attached hydrogen (secondary N) is 1. The molecule has 0 aliphatic heterocycles. The fraction of sp³-hybridized carbons (Fsp3) is 0.400. The molecule has 1 aromatic heterocycles. The molecule has 2 rings (SSSR count). The molecule has 0 saturated carbocycles. The van der Waals surface area contributed by atoms with Crippen LogP contribution in [0.25, 0.3) is 0 Å². The summed E-state index contributed by atoms with van der Waals surface area (Å²) in [5, 5.41) is 6.66. The summed E-state index contributed by atoms with van der Waals surface area (Å²) in [6, 6.07) is 9.15. The van der Waals surface area contributed by atoms with Gasteiger partial charge in [0.15, 0.2) is 0 Å². The van der Waals surface area contributed by atoms with Crippen molar-refractivity contribution < 1.29 is 0 Å². The van der Waals surface area contributed by atoms with E-state index in [4.69, 9.17) is 0 Å². The summed E-state index contributed by atoms with van der Waals surface area (Å²) in [4.78, 5) is 4.36. The highest BCUT2D eigenvalue weighted by Crippen LogP contribution is 2.14. The van der Waals surface area contributed by atoms with Crippen molar-refractivity contribution in [3.05, 3.63) is 52.0 Å². The topological polar surface area (TPSA) is 24.9 Å². The molecule has 0 saturated heterocycles. The number of benzene rings is 1. The monoisotopic (exact) mass is 260 g/mol. The summed E-state index contributed by atoms with van der Waals surface area (Å²) in [7, 11) is 2.04. The highest BCUT2D eigenvalue weighted by atomic mass is 32.1. The molecular weight excluding hydrogens is 240 g/mol. The predicted octanol–water partition coefficient (Wildman–Crippen LogP) is 3.21. The molecule has 0 radical (unpaired) electrons. The SMILES string of the molecule is CNC(CCc1ccccc1C)Cc1nccs1. The highest BCUT2D eigenvalue weighted by molar-refractivity contribution is 7.09. The number of thiazole rings is 1. The van der Waals surface area contributed by atoms with Gasteiger partial charge in [-0.2, -0.15) is 0 Å². The van der Waals surface area contributed by atoms with Crippen LogP contribution in [0.4, 0.5) is 0 Å². The van der Waals surface area contributed by atoms with E-state index in [2.05, 4.69) is 41.5 Å². The first kappa shape index (κ1) is 13.2. The molecule has 1 heterocycles. The standard InChI is InChI=1S/C15H20N2S/c1-12-5-3-4-6-13(12)7-8-14(16-2)11-15-17-9-10-18-15/h3-6,9-10,14,16H,7-8,11H2,1-2H3. The third kappa shape index (κ3) is 3.65. The second-order valence-electron chi connectivity index (χ2n) is 4.58. The average Bonchev–Trinajstić information content (AvgIpc) is 2.89. The van der Waals surface area contributed by atoms with Gasteiger partial charge in [0.1, 0.15) is 0 Å². The van der Waals surface area contributed by atoms with Crippen LogP contribution in [-0.2, 0) is 12.8 Å². The van der Waals surface area contributed by atoms with E-state index < -0.39 is 0 Å². The van der Waals surface area contributed by atoms with Gasteiger partial charge in [-0.1, -0.05) is 24.3 Å². The molecule has 18 heavy (non-hydrogen) atoms. The fourth-order valence-electron chi connectivity index (χ4n) is 2.13. The number of hydrogen-bond acceptors (Lipinski definition) is 3. The summed E-state index contributed by atoms with van der Waals surface area (Å²) in [5.74, 6) is 0. The zero-order valence-corrected chi connectivity index (χ0v) is 11.8. The minimum absolute atomic E-state index is 0.510. The molecule has 1 N–H and O–H groups in total. The van der Waals surface area contributed by atoms with Gasteiger partial charge in [0, 0.05) is 24.0 Å². The van der Waals surface area contributed by atoms with Crippen LogP contribution in [0.5, 0.6) is 0 Å². The van der Waals surface area contributed by atoms with E-state index in [0.29, 0.717) is 6.04 Å². The first-order valence-corrected chi connectivity index (χ1v) is 7.27. The van der Waals surface area contributed by atoms with Crippen LogP contribution >= 0.6 is 11.3 Å². The zero-order valence-electron chi connectivity index (χ0n) is 11.0. The Balaban J connectivity index is 1.89. The maximum Gasteiger partial charge on any atom is 0.0940 e. The molecule has 1 aromatic carbocycles. The van der Waals surface area contributed by atoms with Gasteiger partial charge < -0.3 is 5.32 Å². The van der Waals surface area contributed by atoms with Crippen LogP contribution in [0.1, 0.15) is 22.6 Å². The third-order valence-electron chi connectivity index (χ3n) is 3.34. The van der Waals surface area contributed by atoms with E-state index in [-0.39, 0.29) is 0 Å². The van der Waals surface area contributed by atoms with Gasteiger partial charge in [-0.15, -0.1) is 11.3 Å². The van der Waals surface area contributed by atoms with Gasteiger partial charge >= 0.3 is 0 Å². The Morgan fingerprint density at radius 1 is 1.33 bits per heavy atom. The van der Waals surface area contributed by atoms with Gasteiger partial charge in [0.05, 0.1) is 5.01 Å². The van der Waals surface area contributed by atoms with E-state index in [0.717, 1.165) is 19.3 Å². The van der Waals surface area contributed by atoms with Crippen LogP contribution < -0.4 is 5.32 Å². The molecule has 0 amide bonds. The van der Waals surface area contributed by atoms with Crippen molar-refractivity contribution in [3.63, 3.8) is 0 Å². The van der Waals surface area contributed by atoms with Crippen molar-refractivity contribution in [2.45, 2.75) is 32.2 Å². The van der Waals surface area contributed by atoms with Crippen LogP contribution in [0.15, 0.2) is 35.8 Å². The molecule has 0 spiro atoms. The lowest BCUT2D eigenvalue weighted by Crippen LogP contribution is -2.28. The van der Waals surface area contributed by atoms with Crippen molar-refractivity contribution in [2.24, 2.45) is 0 Å². The lowest BCUT2D eigenvalue weighted by Gasteiger charge is -2.15. The predicted molar refractivity (Wildman–Crippen MR) is 78.2 cm³/mol. The van der Waals surface area contributed by atoms with E-state index >= 15 is 0 Å². The highest BCUT2D eigenvalue weighted by Gasteiger charge is 2.09. The largest absolute Gasteiger partial charge is 0.317 e. The molecular formula is C15H20N2S. The number of aryl methyl sites for hydroxylation is 2. The minimum atomic E-state index is 0.510. The lowest BCUT2D eigenvalue weighted by atomic mass is 10.00. The number of hydrogen-bond donors (Lipinski definition) is 1. The Kier molecular flexibility index (Phi) is 4.90. The fourth-order valence-corrected chi connectivity index (χ4v) is 2.83. The van der Waals surface area contributed by atoms with Crippen LogP contribution in [0, 0.1) is 6.92 Å². The molecule has 2 aromatic rings. The van der Waals surface area contributed by atoms with E-state index in [1.54, 1.807) is 11.3 Å². The van der Waals surface area contributed by atoms with Crippen molar-refractivity contribution in [1.29, 1.82) is 0 Å². The molecule has 1 unspecified atom stereocenters. The molecule has 3 heteroatoms. The number of aromatic nitrogens is 1. The molecule has 0 fully saturated rings. The Labute approximate surface area is 113 Å². The van der Waals surface area contributed by atoms with E-state index in [1.165, 1.54) is 16.1 Å². The molecule has 0 aliphatic rings. The van der Waals surface area contributed by atoms with Gasteiger partial charge in [-0.25, -0.2) is 4.98 Å². The normalized spacial score (nSPS) is 12.6. The average molecular weight is 260 g/mol. The molecule has 2 nitrogen and oxygen atoms in total. The Bertz CT molecular complexity index is 465. The number of likely N-dealkylation sites (N-methyl/N-ethyl adjacent to an activating group) is 1. The van der Waals surface area contributed by atoms with Crippen molar-refractivity contribution in [3.8, 4) is 0 Å². The minimum Gasteiger partial charge on any atom is -0.317 e. The van der Waals surface area contributed by atoms with E-state index in [1.807, 2.05) is 18.6 Å². The molecule has 96 valence electrons. The van der Waals surface area contributed by atoms with Crippen LogP contribution in [0.3, 0.4) is 0 Å². The van der Waals surface area contributed by atoms with Crippen LogP contribution in [0.2, 0.25) is 0 Å². The maximum atomic E-state index is 4.36. The van der Waals surface area contributed by atoms with Gasteiger partial charge in [-0.3, -0.25) is 0 Å². The van der Waals surface area contributed by atoms with Gasteiger partial charge in [0.2, 0.25) is 0 Å². The second-order valence-corrected chi connectivity index (χ2v) is 5.56. The first-order valence-electron chi connectivity index (χ1n) is 6.39. The number of nitrogens with zero attached hydrogens (tertiary/aromatic N) is 1. The second kappa shape index (κ2) is 6.66. The summed E-state index contributed by atoms with van der Waals surface area (Å²) < 4.78 is 0. The molecule has 0 aliphatic carbocycles. The summed E-state index contributed by atoms with van der Waals surface area (Å²) >= 11 is 1.74. The summed E-state index contributed by atoms with van der Waals surface area (Å²) in [5.41, 5.74) is 2.85. The molecule has 1 atom stereocenters. The van der Waals surface area contributed by atoms with Crippen LogP contribution in [-0.4, -0.2) is 18.1 Å². The quantitative estimate of drug-likeness (QED) is 0.862. The summed E-state index contributed by atoms with van der Waals surface area (Å²) in [6.45, 7) is 2.19. The summed E-state index contributed by atoms with van der Waals surface area (Å²) in [6.07, 6.45) is 5.19. The zero-order chi connectivity index (χ0) is 12.8. The van der Waals surface area contributed by atoms with Crippen molar-refractivity contribution in [2.75, 3.05) is 7.05 Å². The Hall–Kier alpha value is -1.19. The first-order chi connectivity index (χ1) is 8.79. The van der Waals surface area contributed by atoms with Gasteiger partial charge in [-0.05, 0) is 37.9 Å². The molecule has 0 bridgehead atoms. The maximum absolute atomic E-state index is 4.36. The Morgan fingerprint density at radius 2 is 2.17 bits per heavy atom. The Morgan fingerprint density at radius 3 is 2.83 bits per heavy atom. The van der Waals surface area contributed by atoms with Crippen molar-refractivity contribution in [1.82, 2.24) is 10.3 Å². The lowest BCUT2D eigenvalue weighted by molar-refractivity contribution is 0.519. The van der Waals surface area contributed by atoms with E-state index in [9.17, 15) is 0 Å². The smallest absolute Gasteiger partial charge is 0.0940 e. The van der Waals surface area contributed by atoms with Gasteiger partial charge in [0.25, 0.3) is 0 Å².